The number of rotatable bonds is 6. The molecule has 0 bridgehead atoms. The molecule has 0 fully saturated rings. The molecule has 0 saturated heterocycles. The number of benzene rings is 1. The second-order valence-corrected chi connectivity index (χ2v) is 9.22. The van der Waals surface area contributed by atoms with Crippen molar-refractivity contribution < 1.29 is 13.2 Å². The third-order valence-electron chi connectivity index (χ3n) is 3.90. The highest BCUT2D eigenvalue weighted by atomic mass is 32.2. The summed E-state index contributed by atoms with van der Waals surface area (Å²) in [7, 11) is -0.670. The van der Waals surface area contributed by atoms with Crippen LogP contribution in [0.25, 0.3) is 11.3 Å². The molecule has 2 N–H and O–H groups in total. The van der Waals surface area contributed by atoms with Crippen LogP contribution >= 0.6 is 23.1 Å². The molecule has 0 spiro atoms. The minimum atomic E-state index is -3.61. The normalized spacial score (nSPS) is 11.5. The Morgan fingerprint density at radius 2 is 1.96 bits per heavy atom. The van der Waals surface area contributed by atoms with Gasteiger partial charge in [-0.2, -0.15) is 0 Å². The lowest BCUT2D eigenvalue weighted by molar-refractivity contribution is 0.101. The highest BCUT2D eigenvalue weighted by Crippen LogP contribution is 2.27. The van der Waals surface area contributed by atoms with E-state index in [1.807, 2.05) is 35.9 Å². The molecule has 2 heterocycles. The van der Waals surface area contributed by atoms with Gasteiger partial charge in [-0.15, -0.1) is 23.1 Å². The van der Waals surface area contributed by atoms with E-state index in [1.54, 1.807) is 18.8 Å². The van der Waals surface area contributed by atoms with Crippen molar-refractivity contribution in [3.8, 4) is 11.3 Å². The van der Waals surface area contributed by atoms with E-state index in [4.69, 9.17) is 0 Å². The summed E-state index contributed by atoms with van der Waals surface area (Å²) in [6, 6.07) is 9.34. The van der Waals surface area contributed by atoms with Crippen molar-refractivity contribution in [3.05, 3.63) is 47.6 Å². The van der Waals surface area contributed by atoms with Crippen molar-refractivity contribution in [1.29, 1.82) is 0 Å². The Labute approximate surface area is 165 Å². The van der Waals surface area contributed by atoms with Crippen LogP contribution in [0.1, 0.15) is 10.5 Å². The van der Waals surface area contributed by atoms with Crippen LogP contribution in [-0.4, -0.2) is 37.2 Å². The first kappa shape index (κ1) is 19.6. The molecule has 10 heteroatoms. The standard InChI is InChI=1S/C17H18N4O3S3/c1-18-27(23,24)13-8-15(21(2)9-13)16(22)20-17-19-14(10-26-17)11-4-6-12(25-3)7-5-11/h4-10,18H,1-3H3,(H,19,20,22). The molecule has 0 aliphatic rings. The number of hydrogen-bond donors (Lipinski definition) is 2. The second-order valence-electron chi connectivity index (χ2n) is 5.60. The lowest BCUT2D eigenvalue weighted by Crippen LogP contribution is -2.18. The lowest BCUT2D eigenvalue weighted by Gasteiger charge is -2.02. The maximum absolute atomic E-state index is 12.5. The second kappa shape index (κ2) is 7.85. The summed E-state index contributed by atoms with van der Waals surface area (Å²) < 4.78 is 27.5. The molecule has 27 heavy (non-hydrogen) atoms. The number of amides is 1. The SMILES string of the molecule is CNS(=O)(=O)c1cc(C(=O)Nc2nc(-c3ccc(SC)cc3)cs2)n(C)c1. The van der Waals surface area contributed by atoms with E-state index in [0.717, 1.165) is 11.3 Å². The van der Waals surface area contributed by atoms with Crippen molar-refractivity contribution in [2.75, 3.05) is 18.6 Å². The number of aromatic nitrogens is 2. The van der Waals surface area contributed by atoms with E-state index < -0.39 is 15.9 Å². The van der Waals surface area contributed by atoms with E-state index in [0.29, 0.717) is 5.13 Å². The van der Waals surface area contributed by atoms with Gasteiger partial charge in [-0.05, 0) is 31.5 Å². The van der Waals surface area contributed by atoms with E-state index >= 15 is 0 Å². The molecule has 0 unspecified atom stereocenters. The Bertz CT molecular complexity index is 1070. The Balaban J connectivity index is 1.78. The van der Waals surface area contributed by atoms with E-state index in [2.05, 4.69) is 15.0 Å². The van der Waals surface area contributed by atoms with Crippen LogP contribution < -0.4 is 10.0 Å². The Hall–Kier alpha value is -2.14. The van der Waals surface area contributed by atoms with Gasteiger partial charge in [0.2, 0.25) is 10.0 Å². The molecular weight excluding hydrogens is 404 g/mol. The highest BCUT2D eigenvalue weighted by Gasteiger charge is 2.20. The Morgan fingerprint density at radius 3 is 2.59 bits per heavy atom. The maximum Gasteiger partial charge on any atom is 0.274 e. The van der Waals surface area contributed by atoms with Crippen LogP contribution in [0.15, 0.2) is 51.7 Å². The number of hydrogen-bond acceptors (Lipinski definition) is 6. The lowest BCUT2D eigenvalue weighted by atomic mass is 10.2. The van der Waals surface area contributed by atoms with Gasteiger partial charge < -0.3 is 4.57 Å². The zero-order valence-electron chi connectivity index (χ0n) is 14.9. The minimum absolute atomic E-state index is 0.0337. The number of nitrogens with zero attached hydrogens (tertiary/aromatic N) is 2. The van der Waals surface area contributed by atoms with Gasteiger partial charge in [0.15, 0.2) is 5.13 Å². The van der Waals surface area contributed by atoms with Crippen molar-refractivity contribution in [1.82, 2.24) is 14.3 Å². The van der Waals surface area contributed by atoms with Crippen molar-refractivity contribution in [3.63, 3.8) is 0 Å². The molecule has 7 nitrogen and oxygen atoms in total. The fourth-order valence-electron chi connectivity index (χ4n) is 2.41. The monoisotopic (exact) mass is 422 g/mol. The fraction of sp³-hybridized carbons (Fsp3) is 0.176. The summed E-state index contributed by atoms with van der Waals surface area (Å²) in [5.74, 6) is -0.423. The molecule has 142 valence electrons. The Morgan fingerprint density at radius 1 is 1.26 bits per heavy atom. The third-order valence-corrected chi connectivity index (χ3v) is 6.78. The average Bonchev–Trinajstić information content (AvgIpc) is 3.29. The smallest absolute Gasteiger partial charge is 0.274 e. The molecule has 1 aromatic carbocycles. The minimum Gasteiger partial charge on any atom is -0.345 e. The predicted molar refractivity (Wildman–Crippen MR) is 109 cm³/mol. The predicted octanol–water partition coefficient (Wildman–Crippen LogP) is 3.03. The highest BCUT2D eigenvalue weighted by molar-refractivity contribution is 7.98. The van der Waals surface area contributed by atoms with E-state index in [9.17, 15) is 13.2 Å². The van der Waals surface area contributed by atoms with Gasteiger partial charge in [-0.25, -0.2) is 18.1 Å². The molecule has 0 aliphatic carbocycles. The van der Waals surface area contributed by atoms with Crippen LogP contribution in [0.3, 0.4) is 0 Å². The number of carbonyl (C=O) groups excluding carboxylic acids is 1. The number of aryl methyl sites for hydroxylation is 1. The fourth-order valence-corrected chi connectivity index (χ4v) is 4.33. The topological polar surface area (TPSA) is 93.1 Å². The number of carbonyl (C=O) groups is 1. The first-order chi connectivity index (χ1) is 12.8. The number of thioether (sulfide) groups is 1. The molecule has 0 radical (unpaired) electrons. The quantitative estimate of drug-likeness (QED) is 0.596. The first-order valence-corrected chi connectivity index (χ1v) is 11.4. The summed E-state index contributed by atoms with van der Waals surface area (Å²) in [4.78, 5) is 18.2. The van der Waals surface area contributed by atoms with Crippen LogP contribution in [0.4, 0.5) is 5.13 Å². The van der Waals surface area contributed by atoms with Crippen LogP contribution in [-0.2, 0) is 17.1 Å². The largest absolute Gasteiger partial charge is 0.345 e. The van der Waals surface area contributed by atoms with E-state index in [1.165, 1.54) is 40.1 Å². The number of thiazole rings is 1. The Kier molecular flexibility index (Phi) is 5.70. The van der Waals surface area contributed by atoms with Crippen molar-refractivity contribution in [2.45, 2.75) is 9.79 Å². The average molecular weight is 423 g/mol. The molecule has 2 aromatic heterocycles. The van der Waals surface area contributed by atoms with Crippen LogP contribution in [0, 0.1) is 0 Å². The molecule has 1 amide bonds. The molecule has 0 saturated carbocycles. The molecule has 3 aromatic rings. The molecule has 0 atom stereocenters. The summed E-state index contributed by atoms with van der Waals surface area (Å²) in [5.41, 5.74) is 1.96. The first-order valence-electron chi connectivity index (χ1n) is 7.85. The number of sulfonamides is 1. The van der Waals surface area contributed by atoms with Gasteiger partial charge >= 0.3 is 0 Å². The van der Waals surface area contributed by atoms with E-state index in [-0.39, 0.29) is 10.6 Å². The summed E-state index contributed by atoms with van der Waals surface area (Å²) in [5, 5.41) is 5.04. The number of nitrogens with one attached hydrogen (secondary N) is 2. The molecule has 3 rings (SSSR count). The molecule has 0 aliphatic heterocycles. The van der Waals surface area contributed by atoms with Crippen LogP contribution in [0.2, 0.25) is 0 Å². The summed E-state index contributed by atoms with van der Waals surface area (Å²) in [6.07, 6.45) is 3.41. The third kappa shape index (κ3) is 4.24. The zero-order chi connectivity index (χ0) is 19.6. The van der Waals surface area contributed by atoms with Gasteiger partial charge in [0.25, 0.3) is 5.91 Å². The van der Waals surface area contributed by atoms with Gasteiger partial charge in [0.1, 0.15) is 10.6 Å². The molecular formula is C17H18N4O3S3. The number of anilines is 1. The van der Waals surface area contributed by atoms with Crippen LogP contribution in [0.5, 0.6) is 0 Å². The van der Waals surface area contributed by atoms with Gasteiger partial charge in [0.05, 0.1) is 5.69 Å². The zero-order valence-corrected chi connectivity index (χ0v) is 17.3. The van der Waals surface area contributed by atoms with Gasteiger partial charge in [-0.1, -0.05) is 12.1 Å². The maximum atomic E-state index is 12.5. The van der Waals surface area contributed by atoms with Crippen molar-refractivity contribution in [2.24, 2.45) is 7.05 Å². The van der Waals surface area contributed by atoms with Gasteiger partial charge in [-0.3, -0.25) is 10.1 Å². The summed E-state index contributed by atoms with van der Waals surface area (Å²) >= 11 is 2.98. The summed E-state index contributed by atoms with van der Waals surface area (Å²) in [6.45, 7) is 0. The van der Waals surface area contributed by atoms with Crippen molar-refractivity contribution >= 4 is 44.2 Å². The van der Waals surface area contributed by atoms with Gasteiger partial charge in [0, 0.05) is 29.1 Å².